The summed E-state index contributed by atoms with van der Waals surface area (Å²) in [6.07, 6.45) is 1.45. The van der Waals surface area contributed by atoms with Crippen LogP contribution in [0.2, 0.25) is 0 Å². The Morgan fingerprint density at radius 1 is 1.32 bits per heavy atom. The van der Waals surface area contributed by atoms with Crippen molar-refractivity contribution in [2.75, 3.05) is 11.4 Å². The largest absolute Gasteiger partial charge is 0.481 e. The second-order valence-electron chi connectivity index (χ2n) is 4.92. The predicted octanol–water partition coefficient (Wildman–Crippen LogP) is 2.34. The van der Waals surface area contributed by atoms with Crippen LogP contribution < -0.4 is 4.90 Å². The first-order chi connectivity index (χ1) is 9.13. The standard InChI is InChI=1S/C15H19NO3/c1-2-14(17)13-10-11(15(18)19)8-9-16(13)12-6-4-3-5-7-12/h3-7,11,13H,2,8-10H2,1H3,(H,18,19). The minimum absolute atomic E-state index is 0.120. The molecule has 1 saturated heterocycles. The number of para-hydroxylation sites is 1. The van der Waals surface area contributed by atoms with E-state index >= 15 is 0 Å². The molecule has 0 aromatic heterocycles. The molecule has 102 valence electrons. The number of rotatable bonds is 4. The molecule has 2 atom stereocenters. The molecule has 2 rings (SSSR count). The molecule has 0 radical (unpaired) electrons. The van der Waals surface area contributed by atoms with Gasteiger partial charge in [-0.05, 0) is 25.0 Å². The number of carboxylic acid groups (broad SMARTS) is 1. The lowest BCUT2D eigenvalue weighted by atomic mass is 9.87. The van der Waals surface area contributed by atoms with Crippen LogP contribution in [0.25, 0.3) is 0 Å². The molecule has 1 fully saturated rings. The molecule has 1 N–H and O–H groups in total. The van der Waals surface area contributed by atoms with E-state index in [1.165, 1.54) is 0 Å². The Labute approximate surface area is 113 Å². The lowest BCUT2D eigenvalue weighted by Crippen LogP contribution is -2.48. The van der Waals surface area contributed by atoms with Gasteiger partial charge >= 0.3 is 5.97 Å². The normalized spacial score (nSPS) is 23.1. The van der Waals surface area contributed by atoms with Crippen molar-refractivity contribution in [2.24, 2.45) is 5.92 Å². The van der Waals surface area contributed by atoms with Crippen molar-refractivity contribution < 1.29 is 14.7 Å². The van der Waals surface area contributed by atoms with E-state index in [0.717, 1.165) is 5.69 Å². The molecule has 4 nitrogen and oxygen atoms in total. The Bertz CT molecular complexity index is 458. The molecule has 0 aliphatic carbocycles. The maximum absolute atomic E-state index is 12.1. The summed E-state index contributed by atoms with van der Waals surface area (Å²) in [5.41, 5.74) is 0.998. The minimum Gasteiger partial charge on any atom is -0.481 e. The van der Waals surface area contributed by atoms with Gasteiger partial charge in [0.1, 0.15) is 0 Å². The SMILES string of the molecule is CCC(=O)C1CC(C(=O)O)CCN1c1ccccc1. The van der Waals surface area contributed by atoms with Crippen molar-refractivity contribution in [3.05, 3.63) is 30.3 Å². The number of Topliss-reactive ketones (excluding diaryl/α,β-unsaturated/α-hetero) is 1. The topological polar surface area (TPSA) is 57.6 Å². The monoisotopic (exact) mass is 261 g/mol. The van der Waals surface area contributed by atoms with Gasteiger partial charge in [0.25, 0.3) is 0 Å². The van der Waals surface area contributed by atoms with E-state index in [4.69, 9.17) is 5.11 Å². The van der Waals surface area contributed by atoms with Gasteiger partial charge in [0.05, 0.1) is 12.0 Å². The van der Waals surface area contributed by atoms with E-state index in [1.807, 2.05) is 42.2 Å². The highest BCUT2D eigenvalue weighted by molar-refractivity contribution is 5.88. The Hall–Kier alpha value is -1.84. The van der Waals surface area contributed by atoms with E-state index in [9.17, 15) is 9.59 Å². The Balaban J connectivity index is 2.23. The average molecular weight is 261 g/mol. The van der Waals surface area contributed by atoms with Crippen LogP contribution in [0, 0.1) is 5.92 Å². The molecule has 1 aromatic rings. The molecule has 0 saturated carbocycles. The molecule has 2 unspecified atom stereocenters. The van der Waals surface area contributed by atoms with E-state index in [1.54, 1.807) is 0 Å². The summed E-state index contributed by atoms with van der Waals surface area (Å²) >= 11 is 0. The van der Waals surface area contributed by atoms with Crippen LogP contribution in [0.4, 0.5) is 5.69 Å². The summed E-state index contributed by atoms with van der Waals surface area (Å²) in [6.45, 7) is 2.45. The minimum atomic E-state index is -0.790. The fraction of sp³-hybridized carbons (Fsp3) is 0.467. The molecule has 1 heterocycles. The number of anilines is 1. The number of carbonyl (C=O) groups excluding carboxylic acids is 1. The van der Waals surface area contributed by atoms with Crippen LogP contribution >= 0.6 is 0 Å². The maximum Gasteiger partial charge on any atom is 0.306 e. The third-order valence-corrected chi connectivity index (χ3v) is 3.76. The number of piperidine rings is 1. The molecule has 0 bridgehead atoms. The van der Waals surface area contributed by atoms with Gasteiger partial charge in [-0.2, -0.15) is 0 Å². The lowest BCUT2D eigenvalue weighted by molar-refractivity contribution is -0.142. The van der Waals surface area contributed by atoms with E-state index in [2.05, 4.69) is 0 Å². The van der Waals surface area contributed by atoms with Crippen LogP contribution in [0.3, 0.4) is 0 Å². The number of aliphatic carboxylic acids is 1. The van der Waals surface area contributed by atoms with E-state index in [-0.39, 0.29) is 11.8 Å². The molecule has 1 aliphatic heterocycles. The molecule has 4 heteroatoms. The summed E-state index contributed by atoms with van der Waals surface area (Å²) in [4.78, 5) is 25.3. The van der Waals surface area contributed by atoms with Gasteiger partial charge in [-0.1, -0.05) is 25.1 Å². The Kier molecular flexibility index (Phi) is 4.20. The van der Waals surface area contributed by atoms with Crippen molar-refractivity contribution in [3.8, 4) is 0 Å². The fourth-order valence-electron chi connectivity index (χ4n) is 2.66. The number of benzene rings is 1. The third-order valence-electron chi connectivity index (χ3n) is 3.76. The van der Waals surface area contributed by atoms with Gasteiger partial charge < -0.3 is 10.0 Å². The zero-order chi connectivity index (χ0) is 13.8. The van der Waals surface area contributed by atoms with Gasteiger partial charge in [-0.25, -0.2) is 0 Å². The smallest absolute Gasteiger partial charge is 0.306 e. The van der Waals surface area contributed by atoms with E-state index in [0.29, 0.717) is 25.8 Å². The first-order valence-corrected chi connectivity index (χ1v) is 6.70. The zero-order valence-electron chi connectivity index (χ0n) is 11.1. The molecule has 19 heavy (non-hydrogen) atoms. The van der Waals surface area contributed by atoms with Crippen molar-refractivity contribution in [2.45, 2.75) is 32.2 Å². The summed E-state index contributed by atoms with van der Waals surface area (Å²) in [7, 11) is 0. The zero-order valence-corrected chi connectivity index (χ0v) is 11.1. The summed E-state index contributed by atoms with van der Waals surface area (Å²) in [5.74, 6) is -1.07. The van der Waals surface area contributed by atoms with Gasteiger partial charge in [0.2, 0.25) is 0 Å². The number of nitrogens with zero attached hydrogens (tertiary/aromatic N) is 1. The van der Waals surface area contributed by atoms with Crippen molar-refractivity contribution >= 4 is 17.4 Å². The molecule has 1 aromatic carbocycles. The summed E-state index contributed by atoms with van der Waals surface area (Å²) in [6, 6.07) is 9.44. The van der Waals surface area contributed by atoms with Gasteiger partial charge in [0.15, 0.2) is 5.78 Å². The van der Waals surface area contributed by atoms with E-state index < -0.39 is 11.9 Å². The highest BCUT2D eigenvalue weighted by Gasteiger charge is 2.35. The highest BCUT2D eigenvalue weighted by atomic mass is 16.4. The molecule has 0 amide bonds. The second-order valence-corrected chi connectivity index (χ2v) is 4.92. The molecular formula is C15H19NO3. The predicted molar refractivity (Wildman–Crippen MR) is 73.2 cm³/mol. The quantitative estimate of drug-likeness (QED) is 0.903. The molecular weight excluding hydrogens is 242 g/mol. The first-order valence-electron chi connectivity index (χ1n) is 6.70. The molecule has 1 aliphatic rings. The number of hydrogen-bond acceptors (Lipinski definition) is 3. The third kappa shape index (κ3) is 2.95. The fourth-order valence-corrected chi connectivity index (χ4v) is 2.66. The first kappa shape index (κ1) is 13.6. The van der Waals surface area contributed by atoms with Crippen molar-refractivity contribution in [1.29, 1.82) is 0 Å². The number of carboxylic acids is 1. The number of carbonyl (C=O) groups is 2. The Morgan fingerprint density at radius 3 is 2.58 bits per heavy atom. The van der Waals surface area contributed by atoms with Crippen molar-refractivity contribution in [1.82, 2.24) is 0 Å². The van der Waals surface area contributed by atoms with Crippen LogP contribution in [-0.2, 0) is 9.59 Å². The van der Waals surface area contributed by atoms with Gasteiger partial charge in [-0.15, -0.1) is 0 Å². The van der Waals surface area contributed by atoms with Crippen LogP contribution in [-0.4, -0.2) is 29.4 Å². The highest BCUT2D eigenvalue weighted by Crippen LogP contribution is 2.29. The van der Waals surface area contributed by atoms with Gasteiger partial charge in [0, 0.05) is 18.7 Å². The summed E-state index contributed by atoms with van der Waals surface area (Å²) in [5, 5.41) is 9.14. The maximum atomic E-state index is 12.1. The van der Waals surface area contributed by atoms with Crippen molar-refractivity contribution in [3.63, 3.8) is 0 Å². The number of ketones is 1. The lowest BCUT2D eigenvalue weighted by Gasteiger charge is -2.39. The number of hydrogen-bond donors (Lipinski definition) is 1. The van der Waals surface area contributed by atoms with Crippen LogP contribution in [0.5, 0.6) is 0 Å². The second kappa shape index (κ2) is 5.87. The summed E-state index contributed by atoms with van der Waals surface area (Å²) < 4.78 is 0. The van der Waals surface area contributed by atoms with Crippen LogP contribution in [0.1, 0.15) is 26.2 Å². The van der Waals surface area contributed by atoms with Crippen LogP contribution in [0.15, 0.2) is 30.3 Å². The molecule has 0 spiro atoms. The average Bonchev–Trinajstić information content (AvgIpc) is 2.46. The van der Waals surface area contributed by atoms with Gasteiger partial charge in [-0.3, -0.25) is 9.59 Å². The Morgan fingerprint density at radius 2 is 2.00 bits per heavy atom.